The standard InChI is InChI=1S/C28H38O8S/c1-19(29)33-24(25(26(30)31-2)37-20-12-6-3-7-13-20)23-22(35-28(36-23)16-10-5-11-17-28)21-18-32-27(34-21)14-8-4-9-15-27/h3,6-7,12-13,21-25H,4-5,8-11,14-18H2,1-2H3/t21-,22-,23+,24?,25?/m1/s1. The van der Waals surface area contributed by atoms with Gasteiger partial charge in [-0.25, -0.2) is 0 Å². The van der Waals surface area contributed by atoms with E-state index < -0.39 is 47.1 Å². The van der Waals surface area contributed by atoms with Crippen molar-refractivity contribution < 1.29 is 38.0 Å². The van der Waals surface area contributed by atoms with Crippen molar-refractivity contribution in [1.29, 1.82) is 0 Å². The van der Waals surface area contributed by atoms with E-state index >= 15 is 0 Å². The van der Waals surface area contributed by atoms with Crippen molar-refractivity contribution in [3.05, 3.63) is 30.3 Å². The second-order valence-corrected chi connectivity index (χ2v) is 11.7. The van der Waals surface area contributed by atoms with Gasteiger partial charge in [0, 0.05) is 37.5 Å². The number of hydrogen-bond acceptors (Lipinski definition) is 9. The maximum atomic E-state index is 13.1. The van der Waals surface area contributed by atoms with E-state index in [1.54, 1.807) is 0 Å². The van der Waals surface area contributed by atoms with Gasteiger partial charge in [0.2, 0.25) is 0 Å². The number of thioether (sulfide) groups is 1. The Morgan fingerprint density at radius 1 is 0.919 bits per heavy atom. The monoisotopic (exact) mass is 534 g/mol. The number of rotatable bonds is 7. The predicted molar refractivity (Wildman–Crippen MR) is 136 cm³/mol. The third kappa shape index (κ3) is 6.01. The highest BCUT2D eigenvalue weighted by molar-refractivity contribution is 8.00. The van der Waals surface area contributed by atoms with Crippen LogP contribution < -0.4 is 0 Å². The van der Waals surface area contributed by atoms with E-state index in [1.165, 1.54) is 32.2 Å². The average Bonchev–Trinajstić information content (AvgIpc) is 3.48. The molecule has 2 unspecified atom stereocenters. The van der Waals surface area contributed by atoms with Gasteiger partial charge in [-0.3, -0.25) is 9.59 Å². The summed E-state index contributed by atoms with van der Waals surface area (Å²) >= 11 is 1.30. The van der Waals surface area contributed by atoms with Crippen LogP contribution in [0.4, 0.5) is 0 Å². The van der Waals surface area contributed by atoms with Gasteiger partial charge in [0.15, 0.2) is 17.7 Å². The topological polar surface area (TPSA) is 89.5 Å². The Morgan fingerprint density at radius 2 is 1.57 bits per heavy atom. The second kappa shape index (κ2) is 11.6. The van der Waals surface area contributed by atoms with Gasteiger partial charge in [-0.05, 0) is 37.8 Å². The molecular formula is C28H38O8S. The Balaban J connectivity index is 1.47. The molecule has 4 fully saturated rings. The van der Waals surface area contributed by atoms with E-state index in [0.717, 1.165) is 62.7 Å². The molecule has 1 aromatic rings. The number of carbonyl (C=O) groups excluding carboxylic acids is 2. The zero-order chi connectivity index (χ0) is 25.9. The molecule has 5 rings (SSSR count). The lowest BCUT2D eigenvalue weighted by Gasteiger charge is -2.34. The van der Waals surface area contributed by atoms with Crippen LogP contribution in [0, 0.1) is 0 Å². The summed E-state index contributed by atoms with van der Waals surface area (Å²) in [6.45, 7) is 1.73. The smallest absolute Gasteiger partial charge is 0.323 e. The van der Waals surface area contributed by atoms with E-state index in [-0.39, 0.29) is 6.10 Å². The van der Waals surface area contributed by atoms with Crippen molar-refractivity contribution >= 4 is 23.7 Å². The van der Waals surface area contributed by atoms with Crippen LogP contribution in [-0.4, -0.2) is 66.9 Å². The summed E-state index contributed by atoms with van der Waals surface area (Å²) in [6, 6.07) is 9.55. The fraction of sp³-hybridized carbons (Fsp3) is 0.714. The highest BCUT2D eigenvalue weighted by Gasteiger charge is 2.59. The molecule has 0 N–H and O–H groups in total. The van der Waals surface area contributed by atoms with Crippen LogP contribution in [0.5, 0.6) is 0 Å². The fourth-order valence-electron chi connectivity index (χ4n) is 6.12. The minimum atomic E-state index is -0.937. The Morgan fingerprint density at radius 3 is 2.19 bits per heavy atom. The zero-order valence-corrected chi connectivity index (χ0v) is 22.5. The molecule has 2 saturated carbocycles. The summed E-state index contributed by atoms with van der Waals surface area (Å²) in [5.41, 5.74) is 0. The Bertz CT molecular complexity index is 927. The normalized spacial score (nSPS) is 30.2. The van der Waals surface area contributed by atoms with Gasteiger partial charge in [0.25, 0.3) is 0 Å². The van der Waals surface area contributed by atoms with Gasteiger partial charge in [-0.15, -0.1) is 11.8 Å². The number of esters is 2. The van der Waals surface area contributed by atoms with E-state index in [9.17, 15) is 9.59 Å². The SMILES string of the molecule is COC(=O)C(Sc1ccccc1)C(OC(C)=O)[C@H]1OC2(CCCCC2)O[C@@H]1[C@H]1COC2(CCCCC2)O1. The van der Waals surface area contributed by atoms with Gasteiger partial charge >= 0.3 is 11.9 Å². The first-order chi connectivity index (χ1) is 17.9. The van der Waals surface area contributed by atoms with Gasteiger partial charge in [0.1, 0.15) is 23.6 Å². The zero-order valence-electron chi connectivity index (χ0n) is 21.7. The molecule has 2 heterocycles. The van der Waals surface area contributed by atoms with Crippen LogP contribution in [0.3, 0.4) is 0 Å². The van der Waals surface area contributed by atoms with Crippen molar-refractivity contribution in [2.45, 2.75) is 117 Å². The van der Waals surface area contributed by atoms with E-state index in [1.807, 2.05) is 30.3 Å². The number of ether oxygens (including phenoxy) is 6. The molecule has 0 radical (unpaired) electrons. The molecule has 0 amide bonds. The summed E-state index contributed by atoms with van der Waals surface area (Å²) in [7, 11) is 1.35. The first-order valence-corrected chi connectivity index (χ1v) is 14.4. The van der Waals surface area contributed by atoms with Gasteiger partial charge in [-0.1, -0.05) is 31.0 Å². The third-order valence-electron chi connectivity index (χ3n) is 7.86. The maximum absolute atomic E-state index is 13.1. The third-order valence-corrected chi connectivity index (χ3v) is 9.12. The van der Waals surface area contributed by atoms with Crippen molar-refractivity contribution in [3.63, 3.8) is 0 Å². The summed E-state index contributed by atoms with van der Waals surface area (Å²) in [6.07, 6.45) is 7.04. The summed E-state index contributed by atoms with van der Waals surface area (Å²) in [5, 5.41) is -0.850. The fourth-order valence-corrected chi connectivity index (χ4v) is 7.27. The van der Waals surface area contributed by atoms with Gasteiger partial charge in [-0.2, -0.15) is 0 Å². The highest BCUT2D eigenvalue weighted by atomic mass is 32.2. The van der Waals surface area contributed by atoms with Crippen LogP contribution >= 0.6 is 11.8 Å². The Hall–Kier alpha value is -1.65. The molecule has 2 spiro atoms. The van der Waals surface area contributed by atoms with Gasteiger partial charge < -0.3 is 28.4 Å². The molecule has 1 aromatic carbocycles. The van der Waals surface area contributed by atoms with Crippen LogP contribution in [-0.2, 0) is 38.0 Å². The van der Waals surface area contributed by atoms with Crippen LogP contribution in [0.15, 0.2) is 35.2 Å². The molecule has 0 aromatic heterocycles. The molecule has 8 nitrogen and oxygen atoms in total. The number of methoxy groups -OCH3 is 1. The lowest BCUT2D eigenvalue weighted by Crippen LogP contribution is -2.51. The van der Waals surface area contributed by atoms with Crippen molar-refractivity contribution in [2.24, 2.45) is 0 Å². The van der Waals surface area contributed by atoms with E-state index in [2.05, 4.69) is 0 Å². The average molecular weight is 535 g/mol. The van der Waals surface area contributed by atoms with Crippen molar-refractivity contribution in [1.82, 2.24) is 0 Å². The predicted octanol–water partition coefficient (Wildman–Crippen LogP) is 4.77. The minimum absolute atomic E-state index is 0.377. The van der Waals surface area contributed by atoms with E-state index in [0.29, 0.717) is 6.61 Å². The van der Waals surface area contributed by atoms with Crippen LogP contribution in [0.25, 0.3) is 0 Å². The molecule has 37 heavy (non-hydrogen) atoms. The first kappa shape index (κ1) is 26.9. The molecule has 2 aliphatic heterocycles. The Kier molecular flexibility index (Phi) is 8.46. The first-order valence-electron chi connectivity index (χ1n) is 13.6. The minimum Gasteiger partial charge on any atom is -0.468 e. The quantitative estimate of drug-likeness (QED) is 0.362. The molecule has 5 atom stereocenters. The lowest BCUT2D eigenvalue weighted by atomic mass is 9.94. The summed E-state index contributed by atoms with van der Waals surface area (Å²) in [5.74, 6) is -2.35. The molecule has 9 heteroatoms. The summed E-state index contributed by atoms with van der Waals surface area (Å²) < 4.78 is 37.4. The number of hydrogen-bond donors (Lipinski definition) is 0. The molecule has 2 aliphatic carbocycles. The number of benzene rings is 1. The molecular weight excluding hydrogens is 496 g/mol. The molecule has 0 bridgehead atoms. The molecule has 2 saturated heterocycles. The Labute approximate surface area is 223 Å². The molecule has 4 aliphatic rings. The van der Waals surface area contributed by atoms with Crippen molar-refractivity contribution in [2.75, 3.05) is 13.7 Å². The van der Waals surface area contributed by atoms with E-state index in [4.69, 9.17) is 28.4 Å². The lowest BCUT2D eigenvalue weighted by molar-refractivity contribution is -0.218. The molecule has 204 valence electrons. The van der Waals surface area contributed by atoms with Crippen molar-refractivity contribution in [3.8, 4) is 0 Å². The number of carbonyl (C=O) groups is 2. The highest BCUT2D eigenvalue weighted by Crippen LogP contribution is 2.48. The van der Waals surface area contributed by atoms with Crippen LogP contribution in [0.2, 0.25) is 0 Å². The summed E-state index contributed by atoms with van der Waals surface area (Å²) in [4.78, 5) is 26.4. The maximum Gasteiger partial charge on any atom is 0.323 e. The second-order valence-electron chi connectivity index (χ2n) is 10.5. The largest absolute Gasteiger partial charge is 0.468 e. The van der Waals surface area contributed by atoms with Crippen LogP contribution in [0.1, 0.15) is 71.1 Å². The van der Waals surface area contributed by atoms with Gasteiger partial charge in [0.05, 0.1) is 13.7 Å².